The summed E-state index contributed by atoms with van der Waals surface area (Å²) in [5.74, 6) is -0.582. The summed E-state index contributed by atoms with van der Waals surface area (Å²) in [6.07, 6.45) is 3.26. The summed E-state index contributed by atoms with van der Waals surface area (Å²) in [5, 5.41) is 0. The van der Waals surface area contributed by atoms with E-state index in [-0.39, 0.29) is 18.4 Å². The molecule has 3 rings (SSSR count). The van der Waals surface area contributed by atoms with Gasteiger partial charge in [-0.1, -0.05) is 0 Å². The van der Waals surface area contributed by atoms with Gasteiger partial charge in [-0.3, -0.25) is 19.5 Å². The van der Waals surface area contributed by atoms with Crippen LogP contribution in [0.1, 0.15) is 26.3 Å². The van der Waals surface area contributed by atoms with Gasteiger partial charge in [-0.2, -0.15) is 0 Å². The number of fused-ring (bicyclic) bond motifs is 1. The number of rotatable bonds is 2. The lowest BCUT2D eigenvalue weighted by molar-refractivity contribution is 0.0642. The van der Waals surface area contributed by atoms with Crippen LogP contribution in [0.2, 0.25) is 0 Å². The van der Waals surface area contributed by atoms with E-state index in [1.165, 1.54) is 4.90 Å². The zero-order valence-electron chi connectivity index (χ0n) is 10.0. The van der Waals surface area contributed by atoms with Crippen molar-refractivity contribution >= 4 is 17.5 Å². The van der Waals surface area contributed by atoms with E-state index in [0.29, 0.717) is 16.8 Å². The Balaban J connectivity index is 1.95. The van der Waals surface area contributed by atoms with Crippen LogP contribution in [0.5, 0.6) is 0 Å². The Labute approximate surface area is 109 Å². The molecule has 1 aliphatic rings. The summed E-state index contributed by atoms with van der Waals surface area (Å²) in [7, 11) is 0. The lowest BCUT2D eigenvalue weighted by Crippen LogP contribution is -2.29. The molecule has 0 fully saturated rings. The number of pyridine rings is 1. The zero-order valence-corrected chi connectivity index (χ0v) is 10.0. The normalized spacial score (nSPS) is 13.8. The average molecular weight is 253 g/mol. The number of hydrogen-bond acceptors (Lipinski definition) is 4. The number of aromatic nitrogens is 1. The van der Waals surface area contributed by atoms with Gasteiger partial charge in [0.05, 0.1) is 17.7 Å². The Kier molecular flexibility index (Phi) is 2.52. The summed E-state index contributed by atoms with van der Waals surface area (Å²) in [5.41, 5.74) is 7.77. The molecule has 94 valence electrons. The molecule has 1 aromatic heterocycles. The molecule has 2 amide bonds. The molecule has 5 heteroatoms. The molecule has 2 aromatic rings. The highest BCUT2D eigenvalue weighted by Gasteiger charge is 2.35. The van der Waals surface area contributed by atoms with E-state index in [4.69, 9.17) is 5.73 Å². The predicted octanol–water partition coefficient (Wildman–Crippen LogP) is 1.46. The zero-order chi connectivity index (χ0) is 13.4. The molecule has 1 aliphatic heterocycles. The summed E-state index contributed by atoms with van der Waals surface area (Å²) in [6, 6.07) is 8.31. The van der Waals surface area contributed by atoms with Crippen molar-refractivity contribution < 1.29 is 9.59 Å². The van der Waals surface area contributed by atoms with Crippen molar-refractivity contribution in [1.82, 2.24) is 9.88 Å². The Bertz CT molecular complexity index is 668. The second kappa shape index (κ2) is 4.20. The monoisotopic (exact) mass is 253 g/mol. The Morgan fingerprint density at radius 3 is 2.42 bits per heavy atom. The third-order valence-electron chi connectivity index (χ3n) is 3.08. The minimum atomic E-state index is -0.302. The minimum absolute atomic E-state index is 0.245. The van der Waals surface area contributed by atoms with Crippen LogP contribution in [0.15, 0.2) is 42.7 Å². The van der Waals surface area contributed by atoms with Crippen LogP contribution >= 0.6 is 0 Å². The van der Waals surface area contributed by atoms with Crippen LogP contribution in [0.4, 0.5) is 5.69 Å². The molecule has 1 aromatic carbocycles. The van der Waals surface area contributed by atoms with Crippen LogP contribution in [-0.4, -0.2) is 21.7 Å². The van der Waals surface area contributed by atoms with Gasteiger partial charge in [0.2, 0.25) is 0 Å². The van der Waals surface area contributed by atoms with Gasteiger partial charge in [0.15, 0.2) is 0 Å². The van der Waals surface area contributed by atoms with Gasteiger partial charge in [0.1, 0.15) is 0 Å². The van der Waals surface area contributed by atoms with Crippen molar-refractivity contribution in [3.05, 3.63) is 59.4 Å². The summed E-state index contributed by atoms with van der Waals surface area (Å²) in [6.45, 7) is 0.245. The first-order valence-electron chi connectivity index (χ1n) is 5.81. The number of anilines is 1. The van der Waals surface area contributed by atoms with E-state index in [1.54, 1.807) is 42.7 Å². The van der Waals surface area contributed by atoms with E-state index in [2.05, 4.69) is 4.98 Å². The van der Waals surface area contributed by atoms with Gasteiger partial charge in [0.25, 0.3) is 11.8 Å². The first-order chi connectivity index (χ1) is 9.16. The van der Waals surface area contributed by atoms with Crippen LogP contribution in [0, 0.1) is 0 Å². The third-order valence-corrected chi connectivity index (χ3v) is 3.08. The smallest absolute Gasteiger partial charge is 0.261 e. The van der Waals surface area contributed by atoms with Gasteiger partial charge in [-0.05, 0) is 35.9 Å². The number of hydrogen-bond donors (Lipinski definition) is 1. The lowest BCUT2D eigenvalue weighted by atomic mass is 10.1. The van der Waals surface area contributed by atoms with Crippen LogP contribution in [0.25, 0.3) is 0 Å². The molecule has 0 radical (unpaired) electrons. The molecule has 2 heterocycles. The molecule has 0 atom stereocenters. The van der Waals surface area contributed by atoms with Crippen LogP contribution < -0.4 is 5.73 Å². The van der Waals surface area contributed by atoms with Crippen molar-refractivity contribution in [2.45, 2.75) is 6.54 Å². The molecule has 0 aliphatic carbocycles. The highest BCUT2D eigenvalue weighted by molar-refractivity contribution is 6.21. The quantitative estimate of drug-likeness (QED) is 0.649. The number of nitrogen functional groups attached to an aromatic ring is 1. The van der Waals surface area contributed by atoms with Crippen molar-refractivity contribution in [2.75, 3.05) is 5.73 Å². The highest BCUT2D eigenvalue weighted by atomic mass is 16.2. The highest BCUT2D eigenvalue weighted by Crippen LogP contribution is 2.26. The van der Waals surface area contributed by atoms with Gasteiger partial charge in [0, 0.05) is 18.1 Å². The molecular weight excluding hydrogens is 242 g/mol. The molecule has 2 N–H and O–H groups in total. The second-order valence-corrected chi connectivity index (χ2v) is 4.36. The molecule has 5 nitrogen and oxygen atoms in total. The minimum Gasteiger partial charge on any atom is -0.399 e. The maximum atomic E-state index is 12.2. The van der Waals surface area contributed by atoms with Gasteiger partial charge < -0.3 is 5.73 Å². The molecule has 0 unspecified atom stereocenters. The van der Waals surface area contributed by atoms with E-state index >= 15 is 0 Å². The third kappa shape index (κ3) is 1.85. The van der Waals surface area contributed by atoms with Crippen LogP contribution in [0.3, 0.4) is 0 Å². The van der Waals surface area contributed by atoms with Crippen LogP contribution in [-0.2, 0) is 6.54 Å². The van der Waals surface area contributed by atoms with E-state index in [9.17, 15) is 9.59 Å². The number of nitrogens with zero attached hydrogens (tertiary/aromatic N) is 2. The van der Waals surface area contributed by atoms with Crippen molar-refractivity contribution in [3.8, 4) is 0 Å². The first kappa shape index (κ1) is 11.4. The lowest BCUT2D eigenvalue weighted by Gasteiger charge is -2.13. The fraction of sp³-hybridized carbons (Fsp3) is 0.0714. The fourth-order valence-corrected chi connectivity index (χ4v) is 2.12. The predicted molar refractivity (Wildman–Crippen MR) is 69.3 cm³/mol. The molecule has 0 saturated heterocycles. The molecule has 0 saturated carbocycles. The molecule has 0 bridgehead atoms. The van der Waals surface area contributed by atoms with Crippen molar-refractivity contribution in [1.29, 1.82) is 0 Å². The first-order valence-corrected chi connectivity index (χ1v) is 5.81. The second-order valence-electron chi connectivity index (χ2n) is 4.36. The maximum Gasteiger partial charge on any atom is 0.261 e. The largest absolute Gasteiger partial charge is 0.399 e. The van der Waals surface area contributed by atoms with E-state index in [0.717, 1.165) is 5.56 Å². The van der Waals surface area contributed by atoms with Crippen molar-refractivity contribution in [2.24, 2.45) is 0 Å². The SMILES string of the molecule is Nc1ccc2c(c1)C(=O)N(Cc1ccncc1)C2=O. The molecule has 0 spiro atoms. The van der Waals surface area contributed by atoms with Gasteiger partial charge in [-0.25, -0.2) is 0 Å². The Hall–Kier alpha value is -2.69. The molecular formula is C14H11N3O2. The van der Waals surface area contributed by atoms with Gasteiger partial charge in [-0.15, -0.1) is 0 Å². The van der Waals surface area contributed by atoms with Crippen molar-refractivity contribution in [3.63, 3.8) is 0 Å². The topological polar surface area (TPSA) is 76.3 Å². The van der Waals surface area contributed by atoms with E-state index in [1.807, 2.05) is 0 Å². The van der Waals surface area contributed by atoms with E-state index < -0.39 is 0 Å². The number of imide groups is 1. The summed E-state index contributed by atoms with van der Waals surface area (Å²) in [4.78, 5) is 29.5. The number of amides is 2. The van der Waals surface area contributed by atoms with Gasteiger partial charge >= 0.3 is 0 Å². The molecule has 19 heavy (non-hydrogen) atoms. The summed E-state index contributed by atoms with van der Waals surface area (Å²) < 4.78 is 0. The standard InChI is InChI=1S/C14H11N3O2/c15-10-1-2-11-12(7-10)14(19)17(13(11)18)8-9-3-5-16-6-4-9/h1-7H,8,15H2. The Morgan fingerprint density at radius 1 is 1.00 bits per heavy atom. The summed E-state index contributed by atoms with van der Waals surface area (Å²) >= 11 is 0. The maximum absolute atomic E-state index is 12.2. The number of benzene rings is 1. The number of carbonyl (C=O) groups is 2. The average Bonchev–Trinajstić information content (AvgIpc) is 2.65. The number of carbonyl (C=O) groups excluding carboxylic acids is 2. The number of nitrogens with two attached hydrogens (primary N) is 1. The Morgan fingerprint density at radius 2 is 1.68 bits per heavy atom. The fourth-order valence-electron chi connectivity index (χ4n) is 2.12.